The van der Waals surface area contributed by atoms with Crippen LogP contribution in [-0.4, -0.2) is 19.5 Å². The number of Topliss-reactive ketones (excluding diaryl/α,β-unsaturated/α-hetero) is 1. The fraction of sp³-hybridized carbons (Fsp3) is 0.188. The van der Waals surface area contributed by atoms with Crippen LogP contribution >= 0.6 is 11.3 Å². The Morgan fingerprint density at radius 3 is 2.85 bits per heavy atom. The average molecular weight is 286 g/mol. The first-order valence-electron chi connectivity index (χ1n) is 6.30. The summed E-state index contributed by atoms with van der Waals surface area (Å²) in [6, 6.07) is 9.36. The molecule has 0 unspecified atom stereocenters. The lowest BCUT2D eigenvalue weighted by Gasteiger charge is -2.19. The zero-order valence-corrected chi connectivity index (χ0v) is 12.1. The number of hydrogen-bond donors (Lipinski definition) is 0. The molecule has 0 spiro atoms. The van der Waals surface area contributed by atoms with E-state index in [2.05, 4.69) is 0 Å². The van der Waals surface area contributed by atoms with Gasteiger partial charge in [0.1, 0.15) is 18.1 Å². The van der Waals surface area contributed by atoms with Gasteiger partial charge in [-0.25, -0.2) is 0 Å². The molecule has 0 aliphatic carbocycles. The van der Waals surface area contributed by atoms with Crippen LogP contribution in [0.25, 0.3) is 6.08 Å². The summed E-state index contributed by atoms with van der Waals surface area (Å²) in [5.74, 6) is 1.29. The van der Waals surface area contributed by atoms with E-state index in [1.165, 1.54) is 4.88 Å². The second kappa shape index (κ2) is 5.13. The first-order valence-corrected chi connectivity index (χ1v) is 7.11. The molecular formula is C16H14O3S. The predicted molar refractivity (Wildman–Crippen MR) is 79.9 cm³/mol. The molecule has 1 aliphatic rings. The maximum Gasteiger partial charge on any atom is 0.196 e. The van der Waals surface area contributed by atoms with Gasteiger partial charge in [-0.15, -0.1) is 11.3 Å². The lowest BCUT2D eigenvalue weighted by molar-refractivity contribution is 0.100. The Kier molecular flexibility index (Phi) is 3.32. The smallest absolute Gasteiger partial charge is 0.196 e. The Morgan fingerprint density at radius 2 is 2.15 bits per heavy atom. The topological polar surface area (TPSA) is 35.5 Å². The SMILES string of the molecule is COc1ccc2c(c1)C(=O)C(=Cc1ccc(C)s1)CO2. The van der Waals surface area contributed by atoms with Crippen molar-refractivity contribution in [2.75, 3.05) is 13.7 Å². The van der Waals surface area contributed by atoms with Crippen molar-refractivity contribution in [3.8, 4) is 11.5 Å². The van der Waals surface area contributed by atoms with E-state index in [4.69, 9.17) is 9.47 Å². The number of thiophene rings is 1. The third-order valence-electron chi connectivity index (χ3n) is 3.18. The maximum absolute atomic E-state index is 12.5. The van der Waals surface area contributed by atoms with Gasteiger partial charge < -0.3 is 9.47 Å². The number of hydrogen-bond acceptors (Lipinski definition) is 4. The van der Waals surface area contributed by atoms with E-state index in [0.29, 0.717) is 29.2 Å². The van der Waals surface area contributed by atoms with E-state index >= 15 is 0 Å². The van der Waals surface area contributed by atoms with E-state index in [9.17, 15) is 4.79 Å². The van der Waals surface area contributed by atoms with Crippen LogP contribution in [0.4, 0.5) is 0 Å². The van der Waals surface area contributed by atoms with Gasteiger partial charge >= 0.3 is 0 Å². The molecule has 0 saturated carbocycles. The first-order chi connectivity index (χ1) is 9.67. The highest BCUT2D eigenvalue weighted by molar-refractivity contribution is 7.12. The molecule has 0 N–H and O–H groups in total. The highest BCUT2D eigenvalue weighted by atomic mass is 32.1. The van der Waals surface area contributed by atoms with Crippen molar-refractivity contribution in [2.45, 2.75) is 6.92 Å². The number of fused-ring (bicyclic) bond motifs is 1. The molecule has 20 heavy (non-hydrogen) atoms. The van der Waals surface area contributed by atoms with Gasteiger partial charge in [0, 0.05) is 15.3 Å². The Balaban J connectivity index is 1.97. The van der Waals surface area contributed by atoms with Crippen molar-refractivity contribution in [1.82, 2.24) is 0 Å². The molecule has 4 heteroatoms. The monoisotopic (exact) mass is 286 g/mol. The van der Waals surface area contributed by atoms with E-state index in [1.807, 2.05) is 25.1 Å². The number of carbonyl (C=O) groups is 1. The van der Waals surface area contributed by atoms with E-state index < -0.39 is 0 Å². The van der Waals surface area contributed by atoms with Crippen LogP contribution in [0.5, 0.6) is 11.5 Å². The average Bonchev–Trinajstić information content (AvgIpc) is 2.87. The highest BCUT2D eigenvalue weighted by Gasteiger charge is 2.24. The molecule has 3 nitrogen and oxygen atoms in total. The van der Waals surface area contributed by atoms with Crippen molar-refractivity contribution < 1.29 is 14.3 Å². The molecule has 0 radical (unpaired) electrons. The Hall–Kier alpha value is -2.07. The third kappa shape index (κ3) is 2.34. The standard InChI is InChI=1S/C16H14O3S/c1-10-3-5-13(20-10)7-11-9-19-15-6-4-12(18-2)8-14(15)16(11)17/h3-8H,9H2,1-2H3. The third-order valence-corrected chi connectivity index (χ3v) is 4.13. The molecule has 1 aliphatic heterocycles. The Labute approximate surface area is 121 Å². The normalized spacial score (nSPS) is 15.9. The van der Waals surface area contributed by atoms with Crippen LogP contribution in [0.3, 0.4) is 0 Å². The molecule has 3 rings (SSSR count). The molecule has 1 aromatic heterocycles. The molecule has 0 bridgehead atoms. The number of carbonyl (C=O) groups excluding carboxylic acids is 1. The van der Waals surface area contributed by atoms with Gasteiger partial charge in [-0.05, 0) is 43.3 Å². The van der Waals surface area contributed by atoms with Gasteiger partial charge in [-0.1, -0.05) is 0 Å². The number of ketones is 1. The first kappa shape index (κ1) is 12.9. The van der Waals surface area contributed by atoms with Crippen LogP contribution in [-0.2, 0) is 0 Å². The van der Waals surface area contributed by atoms with Crippen molar-refractivity contribution in [1.29, 1.82) is 0 Å². The molecule has 0 atom stereocenters. The van der Waals surface area contributed by atoms with E-state index in [0.717, 1.165) is 4.88 Å². The van der Waals surface area contributed by atoms with Crippen molar-refractivity contribution >= 4 is 23.2 Å². The highest BCUT2D eigenvalue weighted by Crippen LogP contribution is 2.31. The van der Waals surface area contributed by atoms with Gasteiger partial charge in [0.15, 0.2) is 5.78 Å². The fourth-order valence-electron chi connectivity index (χ4n) is 2.14. The Bertz CT molecular complexity index is 697. The second-order valence-electron chi connectivity index (χ2n) is 4.60. The van der Waals surface area contributed by atoms with Gasteiger partial charge in [-0.2, -0.15) is 0 Å². The van der Waals surface area contributed by atoms with Gasteiger partial charge in [-0.3, -0.25) is 4.79 Å². The van der Waals surface area contributed by atoms with E-state index in [-0.39, 0.29) is 5.78 Å². The summed E-state index contributed by atoms with van der Waals surface area (Å²) in [5.41, 5.74) is 1.24. The quantitative estimate of drug-likeness (QED) is 0.789. The summed E-state index contributed by atoms with van der Waals surface area (Å²) in [5, 5.41) is 0. The summed E-state index contributed by atoms with van der Waals surface area (Å²) in [4.78, 5) is 14.8. The van der Waals surface area contributed by atoms with Crippen molar-refractivity contribution in [3.05, 3.63) is 51.2 Å². The van der Waals surface area contributed by atoms with Crippen molar-refractivity contribution in [2.24, 2.45) is 0 Å². The number of aryl methyl sites for hydroxylation is 1. The Morgan fingerprint density at radius 1 is 1.30 bits per heavy atom. The zero-order chi connectivity index (χ0) is 14.1. The lowest BCUT2D eigenvalue weighted by atomic mass is 9.99. The molecular weight excluding hydrogens is 272 g/mol. The summed E-state index contributed by atoms with van der Waals surface area (Å²) in [6.45, 7) is 2.36. The maximum atomic E-state index is 12.5. The molecule has 2 heterocycles. The van der Waals surface area contributed by atoms with Crippen LogP contribution in [0, 0.1) is 6.92 Å². The number of ether oxygens (including phenoxy) is 2. The largest absolute Gasteiger partial charge is 0.497 e. The zero-order valence-electron chi connectivity index (χ0n) is 11.3. The minimum Gasteiger partial charge on any atom is -0.497 e. The molecule has 1 aromatic carbocycles. The number of rotatable bonds is 2. The van der Waals surface area contributed by atoms with Gasteiger partial charge in [0.05, 0.1) is 12.7 Å². The van der Waals surface area contributed by atoms with Crippen LogP contribution in [0.2, 0.25) is 0 Å². The molecule has 0 fully saturated rings. The predicted octanol–water partition coefficient (Wildman–Crippen LogP) is 3.72. The summed E-state index contributed by atoms with van der Waals surface area (Å²) in [6.07, 6.45) is 1.91. The van der Waals surface area contributed by atoms with E-state index in [1.54, 1.807) is 36.6 Å². The van der Waals surface area contributed by atoms with Crippen LogP contribution in [0.1, 0.15) is 20.1 Å². The lowest BCUT2D eigenvalue weighted by Crippen LogP contribution is -2.18. The summed E-state index contributed by atoms with van der Waals surface area (Å²) in [7, 11) is 1.58. The van der Waals surface area contributed by atoms with Crippen LogP contribution < -0.4 is 9.47 Å². The van der Waals surface area contributed by atoms with Gasteiger partial charge in [0.2, 0.25) is 0 Å². The molecule has 102 valence electrons. The second-order valence-corrected chi connectivity index (χ2v) is 5.92. The number of methoxy groups -OCH3 is 1. The fourth-order valence-corrected chi connectivity index (χ4v) is 2.99. The molecule has 0 saturated heterocycles. The van der Waals surface area contributed by atoms with Gasteiger partial charge in [0.25, 0.3) is 0 Å². The minimum atomic E-state index is 0.0104. The van der Waals surface area contributed by atoms with Crippen LogP contribution in [0.15, 0.2) is 35.9 Å². The molecule has 2 aromatic rings. The minimum absolute atomic E-state index is 0.0104. The van der Waals surface area contributed by atoms with Crippen molar-refractivity contribution in [3.63, 3.8) is 0 Å². The number of benzene rings is 1. The summed E-state index contributed by atoms with van der Waals surface area (Å²) >= 11 is 1.66. The molecule has 0 amide bonds. The summed E-state index contributed by atoms with van der Waals surface area (Å²) < 4.78 is 10.8.